The van der Waals surface area contributed by atoms with Crippen LogP contribution in [0.15, 0.2) is 24.3 Å². The highest BCUT2D eigenvalue weighted by Crippen LogP contribution is 2.32. The molecule has 1 aromatic heterocycles. The number of nitriles is 1. The van der Waals surface area contributed by atoms with E-state index < -0.39 is 4.92 Å². The zero-order chi connectivity index (χ0) is 17.0. The number of nitrogens with zero attached hydrogens (tertiary/aromatic N) is 3. The van der Waals surface area contributed by atoms with E-state index in [2.05, 4.69) is 10.3 Å². The van der Waals surface area contributed by atoms with Gasteiger partial charge in [0, 0.05) is 12.3 Å². The first-order valence-corrected chi connectivity index (χ1v) is 7.00. The number of aliphatic hydroxyl groups is 1. The second-order valence-electron chi connectivity index (χ2n) is 5.06. The number of nitro groups is 1. The second kappa shape index (κ2) is 6.85. The van der Waals surface area contributed by atoms with Gasteiger partial charge in [-0.3, -0.25) is 10.1 Å². The standard InChI is InChI=1S/C16H16N4O3/c1-10-14(9-17)11(2)18-16(15(10)20(22)23)19-13-5-3-12(4-6-13)7-8-21/h3-6,21H,7-8H2,1-2H3,(H,18,19). The van der Waals surface area contributed by atoms with Crippen LogP contribution in [0.2, 0.25) is 0 Å². The number of hydrogen-bond donors (Lipinski definition) is 2. The molecule has 2 aromatic rings. The molecule has 7 nitrogen and oxygen atoms in total. The summed E-state index contributed by atoms with van der Waals surface area (Å²) < 4.78 is 0. The van der Waals surface area contributed by atoms with E-state index in [1.165, 1.54) is 0 Å². The number of benzene rings is 1. The van der Waals surface area contributed by atoms with Gasteiger partial charge >= 0.3 is 5.69 Å². The lowest BCUT2D eigenvalue weighted by Crippen LogP contribution is -2.06. The largest absolute Gasteiger partial charge is 0.396 e. The molecule has 0 saturated carbocycles. The van der Waals surface area contributed by atoms with Gasteiger partial charge in [0.15, 0.2) is 0 Å². The molecule has 2 N–H and O–H groups in total. The van der Waals surface area contributed by atoms with Crippen LogP contribution in [0.1, 0.15) is 22.4 Å². The van der Waals surface area contributed by atoms with Crippen molar-refractivity contribution in [3.05, 3.63) is 56.8 Å². The minimum Gasteiger partial charge on any atom is -0.396 e. The van der Waals surface area contributed by atoms with Crippen LogP contribution in [-0.4, -0.2) is 21.6 Å². The van der Waals surface area contributed by atoms with E-state index in [9.17, 15) is 10.1 Å². The van der Waals surface area contributed by atoms with E-state index in [1.54, 1.807) is 26.0 Å². The van der Waals surface area contributed by atoms with Crippen molar-refractivity contribution in [2.45, 2.75) is 20.3 Å². The third-order valence-electron chi connectivity index (χ3n) is 3.51. The number of hydrogen-bond acceptors (Lipinski definition) is 6. The molecule has 1 aromatic carbocycles. The molecule has 0 aliphatic heterocycles. The van der Waals surface area contributed by atoms with Crippen molar-refractivity contribution in [1.29, 1.82) is 5.26 Å². The molecule has 1 heterocycles. The van der Waals surface area contributed by atoms with Crippen molar-refractivity contribution in [2.75, 3.05) is 11.9 Å². The smallest absolute Gasteiger partial charge is 0.315 e. The molecular weight excluding hydrogens is 296 g/mol. The molecule has 0 atom stereocenters. The van der Waals surface area contributed by atoms with Gasteiger partial charge < -0.3 is 10.4 Å². The van der Waals surface area contributed by atoms with Crippen molar-refractivity contribution >= 4 is 17.2 Å². The summed E-state index contributed by atoms with van der Waals surface area (Å²) in [5, 5.41) is 32.3. The molecule has 0 aliphatic rings. The SMILES string of the molecule is Cc1nc(Nc2ccc(CCO)cc2)c([N+](=O)[O-])c(C)c1C#N. The summed E-state index contributed by atoms with van der Waals surface area (Å²) in [6, 6.07) is 9.13. The van der Waals surface area contributed by atoms with Gasteiger partial charge in [-0.25, -0.2) is 4.98 Å². The fourth-order valence-corrected chi connectivity index (χ4v) is 2.34. The Morgan fingerprint density at radius 2 is 2.00 bits per heavy atom. The van der Waals surface area contributed by atoms with Crippen LogP contribution in [0.3, 0.4) is 0 Å². The van der Waals surface area contributed by atoms with Crippen LogP contribution in [0.4, 0.5) is 17.2 Å². The van der Waals surface area contributed by atoms with E-state index in [4.69, 9.17) is 10.4 Å². The fourth-order valence-electron chi connectivity index (χ4n) is 2.34. The van der Waals surface area contributed by atoms with Crippen LogP contribution in [0.5, 0.6) is 0 Å². The molecule has 0 saturated heterocycles. The van der Waals surface area contributed by atoms with E-state index in [1.807, 2.05) is 18.2 Å². The average molecular weight is 312 g/mol. The maximum Gasteiger partial charge on any atom is 0.315 e. The van der Waals surface area contributed by atoms with E-state index in [0.29, 0.717) is 23.4 Å². The quantitative estimate of drug-likeness (QED) is 0.648. The number of pyridine rings is 1. The zero-order valence-electron chi connectivity index (χ0n) is 12.8. The average Bonchev–Trinajstić information content (AvgIpc) is 2.49. The van der Waals surface area contributed by atoms with Crippen molar-refractivity contribution in [1.82, 2.24) is 4.98 Å². The van der Waals surface area contributed by atoms with Gasteiger partial charge in [0.05, 0.1) is 21.7 Å². The number of rotatable bonds is 5. The minimum atomic E-state index is -0.537. The van der Waals surface area contributed by atoms with Crippen molar-refractivity contribution in [3.63, 3.8) is 0 Å². The Kier molecular flexibility index (Phi) is 4.88. The van der Waals surface area contributed by atoms with Crippen molar-refractivity contribution < 1.29 is 10.0 Å². The first-order valence-electron chi connectivity index (χ1n) is 7.00. The highest BCUT2D eigenvalue weighted by atomic mass is 16.6. The lowest BCUT2D eigenvalue weighted by Gasteiger charge is -2.11. The number of aromatic nitrogens is 1. The molecule has 2 rings (SSSR count). The highest BCUT2D eigenvalue weighted by molar-refractivity contribution is 5.71. The van der Waals surface area contributed by atoms with Gasteiger partial charge in [0.1, 0.15) is 6.07 Å². The number of aryl methyl sites for hydroxylation is 1. The molecular formula is C16H16N4O3. The third-order valence-corrected chi connectivity index (χ3v) is 3.51. The Labute approximate surface area is 133 Å². The number of aliphatic hydroxyl groups excluding tert-OH is 1. The van der Waals surface area contributed by atoms with Gasteiger partial charge in [0.25, 0.3) is 0 Å². The maximum absolute atomic E-state index is 11.3. The van der Waals surface area contributed by atoms with Gasteiger partial charge in [-0.05, 0) is 38.0 Å². The molecule has 0 unspecified atom stereocenters. The van der Waals surface area contributed by atoms with Crippen LogP contribution >= 0.6 is 0 Å². The summed E-state index contributed by atoms with van der Waals surface area (Å²) in [6.07, 6.45) is 0.549. The molecule has 23 heavy (non-hydrogen) atoms. The molecule has 0 amide bonds. The second-order valence-corrected chi connectivity index (χ2v) is 5.06. The van der Waals surface area contributed by atoms with Gasteiger partial charge in [0.2, 0.25) is 5.82 Å². The summed E-state index contributed by atoms with van der Waals surface area (Å²) in [6.45, 7) is 3.25. The third kappa shape index (κ3) is 3.44. The maximum atomic E-state index is 11.3. The summed E-state index contributed by atoms with van der Waals surface area (Å²) in [5.74, 6) is 0.110. The van der Waals surface area contributed by atoms with Crippen LogP contribution < -0.4 is 5.32 Å². The monoisotopic (exact) mass is 312 g/mol. The molecule has 0 fully saturated rings. The minimum absolute atomic E-state index is 0.0633. The van der Waals surface area contributed by atoms with E-state index in [-0.39, 0.29) is 23.7 Å². The normalized spacial score (nSPS) is 10.2. The Morgan fingerprint density at radius 1 is 1.35 bits per heavy atom. The number of anilines is 2. The molecule has 0 bridgehead atoms. The Balaban J connectivity index is 2.43. The summed E-state index contributed by atoms with van der Waals surface area (Å²) in [4.78, 5) is 15.0. The molecule has 0 aliphatic carbocycles. The van der Waals surface area contributed by atoms with Crippen LogP contribution in [-0.2, 0) is 6.42 Å². The van der Waals surface area contributed by atoms with Crippen LogP contribution in [0, 0.1) is 35.3 Å². The van der Waals surface area contributed by atoms with Gasteiger partial charge in [-0.2, -0.15) is 5.26 Å². The Morgan fingerprint density at radius 3 is 2.52 bits per heavy atom. The summed E-state index contributed by atoms with van der Waals surface area (Å²) in [7, 11) is 0. The van der Waals surface area contributed by atoms with Gasteiger partial charge in [-0.15, -0.1) is 0 Å². The first kappa shape index (κ1) is 16.4. The van der Waals surface area contributed by atoms with Crippen molar-refractivity contribution in [3.8, 4) is 6.07 Å². The lowest BCUT2D eigenvalue weighted by atomic mass is 10.1. The van der Waals surface area contributed by atoms with Gasteiger partial charge in [-0.1, -0.05) is 12.1 Å². The molecule has 0 radical (unpaired) electrons. The van der Waals surface area contributed by atoms with E-state index in [0.717, 1.165) is 5.56 Å². The molecule has 0 spiro atoms. The Bertz CT molecular complexity index is 779. The van der Waals surface area contributed by atoms with Crippen LogP contribution in [0.25, 0.3) is 0 Å². The molecule has 7 heteroatoms. The molecule has 118 valence electrons. The fraction of sp³-hybridized carbons (Fsp3) is 0.250. The summed E-state index contributed by atoms with van der Waals surface area (Å²) in [5.41, 5.74) is 2.37. The lowest BCUT2D eigenvalue weighted by molar-refractivity contribution is -0.384. The van der Waals surface area contributed by atoms with Crippen molar-refractivity contribution in [2.24, 2.45) is 0 Å². The topological polar surface area (TPSA) is 112 Å². The summed E-state index contributed by atoms with van der Waals surface area (Å²) >= 11 is 0. The van der Waals surface area contributed by atoms with E-state index >= 15 is 0 Å². The zero-order valence-corrected chi connectivity index (χ0v) is 12.8. The Hall–Kier alpha value is -2.98. The highest BCUT2D eigenvalue weighted by Gasteiger charge is 2.24. The number of nitrogens with one attached hydrogen (secondary N) is 1. The predicted octanol–water partition coefficient (Wildman–Crippen LogP) is 2.76. The first-order chi connectivity index (χ1) is 11.0. The predicted molar refractivity (Wildman–Crippen MR) is 85.6 cm³/mol.